The summed E-state index contributed by atoms with van der Waals surface area (Å²) in [7, 11) is 0. The van der Waals surface area contributed by atoms with E-state index >= 15 is 0 Å². The van der Waals surface area contributed by atoms with Gasteiger partial charge < -0.3 is 10.3 Å². The molecule has 0 aliphatic rings. The van der Waals surface area contributed by atoms with Crippen molar-refractivity contribution >= 4 is 33.3 Å². The van der Waals surface area contributed by atoms with Crippen LogP contribution in [-0.2, 0) is 4.79 Å². The summed E-state index contributed by atoms with van der Waals surface area (Å²) in [6, 6.07) is 8.71. The van der Waals surface area contributed by atoms with E-state index < -0.39 is 11.7 Å². The van der Waals surface area contributed by atoms with Crippen molar-refractivity contribution in [3.8, 4) is 0 Å². The van der Waals surface area contributed by atoms with Gasteiger partial charge in [0.25, 0.3) is 11.7 Å². The first-order chi connectivity index (χ1) is 8.58. The SMILES string of the molecule is Cc1ccc(NC(=O)C(=O)c2ccc[nH]2)c(Br)c1. The Kier molecular flexibility index (Phi) is 3.62. The summed E-state index contributed by atoms with van der Waals surface area (Å²) in [4.78, 5) is 26.2. The Hall–Kier alpha value is -1.88. The predicted octanol–water partition coefficient (Wildman–Crippen LogP) is 2.91. The van der Waals surface area contributed by atoms with Gasteiger partial charge in [-0.3, -0.25) is 9.59 Å². The Morgan fingerprint density at radius 2 is 2.06 bits per heavy atom. The molecule has 0 aliphatic carbocycles. The van der Waals surface area contributed by atoms with Crippen LogP contribution in [0.15, 0.2) is 41.0 Å². The Morgan fingerprint density at radius 1 is 1.28 bits per heavy atom. The fraction of sp³-hybridized carbons (Fsp3) is 0.0769. The number of H-pyrrole nitrogens is 1. The molecule has 1 heterocycles. The normalized spacial score (nSPS) is 10.1. The van der Waals surface area contributed by atoms with E-state index in [1.54, 1.807) is 24.4 Å². The monoisotopic (exact) mass is 306 g/mol. The second kappa shape index (κ2) is 5.18. The number of aromatic amines is 1. The van der Waals surface area contributed by atoms with Crippen LogP contribution in [0.5, 0.6) is 0 Å². The Labute approximate surface area is 113 Å². The predicted molar refractivity (Wildman–Crippen MR) is 72.6 cm³/mol. The van der Waals surface area contributed by atoms with E-state index in [1.165, 1.54) is 0 Å². The second-order valence-corrected chi connectivity index (χ2v) is 4.70. The first kappa shape index (κ1) is 12.6. The standard InChI is InChI=1S/C13H11BrN2O2/c1-8-4-5-10(9(14)7-8)16-13(18)12(17)11-3-2-6-15-11/h2-7,15H,1H3,(H,16,18). The van der Waals surface area contributed by atoms with Crippen molar-refractivity contribution < 1.29 is 9.59 Å². The molecule has 18 heavy (non-hydrogen) atoms. The molecular weight excluding hydrogens is 296 g/mol. The Balaban J connectivity index is 2.14. The van der Waals surface area contributed by atoms with Gasteiger partial charge >= 0.3 is 0 Å². The lowest BCUT2D eigenvalue weighted by atomic mass is 10.2. The van der Waals surface area contributed by atoms with E-state index in [0.717, 1.165) is 10.0 Å². The zero-order valence-electron chi connectivity index (χ0n) is 9.66. The molecule has 4 nitrogen and oxygen atoms in total. The molecule has 0 atom stereocenters. The number of carbonyl (C=O) groups is 2. The first-order valence-electron chi connectivity index (χ1n) is 5.33. The van der Waals surface area contributed by atoms with Crippen LogP contribution in [0.3, 0.4) is 0 Å². The zero-order valence-corrected chi connectivity index (χ0v) is 11.2. The summed E-state index contributed by atoms with van der Waals surface area (Å²) in [5, 5.41) is 2.57. The van der Waals surface area contributed by atoms with Gasteiger partial charge in [0, 0.05) is 10.7 Å². The van der Waals surface area contributed by atoms with Crippen molar-refractivity contribution in [2.75, 3.05) is 5.32 Å². The van der Waals surface area contributed by atoms with Crippen LogP contribution in [0, 0.1) is 6.92 Å². The molecule has 2 N–H and O–H groups in total. The number of Topliss-reactive ketones (excluding diaryl/α,β-unsaturated/α-hetero) is 1. The third kappa shape index (κ3) is 2.68. The average Bonchev–Trinajstić information content (AvgIpc) is 2.85. The van der Waals surface area contributed by atoms with Crippen molar-refractivity contribution in [3.63, 3.8) is 0 Å². The minimum absolute atomic E-state index is 0.274. The number of ketones is 1. The first-order valence-corrected chi connectivity index (χ1v) is 6.12. The lowest BCUT2D eigenvalue weighted by molar-refractivity contribution is -0.112. The molecule has 92 valence electrons. The fourth-order valence-electron chi connectivity index (χ4n) is 1.49. The molecule has 0 spiro atoms. The highest BCUT2D eigenvalue weighted by molar-refractivity contribution is 9.10. The number of halogens is 1. The molecule has 1 aromatic carbocycles. The van der Waals surface area contributed by atoms with E-state index in [2.05, 4.69) is 26.2 Å². The molecular formula is C13H11BrN2O2. The van der Waals surface area contributed by atoms with Crippen LogP contribution < -0.4 is 5.32 Å². The molecule has 0 fully saturated rings. The minimum atomic E-state index is -0.665. The van der Waals surface area contributed by atoms with Crippen LogP contribution in [-0.4, -0.2) is 16.7 Å². The molecule has 0 aliphatic heterocycles. The van der Waals surface area contributed by atoms with Gasteiger partial charge in [-0.15, -0.1) is 0 Å². The van der Waals surface area contributed by atoms with Crippen LogP contribution >= 0.6 is 15.9 Å². The van der Waals surface area contributed by atoms with E-state index in [9.17, 15) is 9.59 Å². The number of carbonyl (C=O) groups excluding carboxylic acids is 2. The van der Waals surface area contributed by atoms with Crippen molar-refractivity contribution in [1.29, 1.82) is 0 Å². The maximum absolute atomic E-state index is 11.7. The number of rotatable bonds is 3. The van der Waals surface area contributed by atoms with Crippen LogP contribution in [0.1, 0.15) is 16.1 Å². The third-order valence-electron chi connectivity index (χ3n) is 2.42. The quantitative estimate of drug-likeness (QED) is 0.676. The lowest BCUT2D eigenvalue weighted by Crippen LogP contribution is -2.23. The highest BCUT2D eigenvalue weighted by Crippen LogP contribution is 2.23. The summed E-state index contributed by atoms with van der Waals surface area (Å²) in [5.74, 6) is -1.26. The number of benzene rings is 1. The lowest BCUT2D eigenvalue weighted by Gasteiger charge is -2.06. The zero-order chi connectivity index (χ0) is 13.1. The van der Waals surface area contributed by atoms with Crippen molar-refractivity contribution in [1.82, 2.24) is 4.98 Å². The van der Waals surface area contributed by atoms with Crippen LogP contribution in [0.25, 0.3) is 0 Å². The van der Waals surface area contributed by atoms with Gasteiger partial charge in [0.2, 0.25) is 0 Å². The number of hydrogen-bond acceptors (Lipinski definition) is 2. The van der Waals surface area contributed by atoms with Crippen LogP contribution in [0.4, 0.5) is 5.69 Å². The van der Waals surface area contributed by atoms with E-state index in [-0.39, 0.29) is 5.69 Å². The minimum Gasteiger partial charge on any atom is -0.358 e. The van der Waals surface area contributed by atoms with Gasteiger partial charge in [-0.1, -0.05) is 6.07 Å². The molecule has 0 saturated heterocycles. The number of amides is 1. The molecule has 5 heteroatoms. The summed E-state index contributed by atoms with van der Waals surface area (Å²) < 4.78 is 0.745. The fourth-order valence-corrected chi connectivity index (χ4v) is 2.09. The maximum Gasteiger partial charge on any atom is 0.298 e. The number of anilines is 1. The molecule has 0 radical (unpaired) electrons. The van der Waals surface area contributed by atoms with Crippen molar-refractivity contribution in [3.05, 3.63) is 52.3 Å². The van der Waals surface area contributed by atoms with Gasteiger partial charge in [-0.2, -0.15) is 0 Å². The summed E-state index contributed by atoms with van der Waals surface area (Å²) in [6.45, 7) is 1.94. The van der Waals surface area contributed by atoms with Gasteiger partial charge in [0.05, 0.1) is 11.4 Å². The molecule has 0 saturated carbocycles. The average molecular weight is 307 g/mol. The van der Waals surface area contributed by atoms with Crippen molar-refractivity contribution in [2.45, 2.75) is 6.92 Å². The number of hydrogen-bond donors (Lipinski definition) is 2. The third-order valence-corrected chi connectivity index (χ3v) is 3.08. The van der Waals surface area contributed by atoms with E-state index in [1.807, 2.05) is 19.1 Å². The Morgan fingerprint density at radius 3 is 2.67 bits per heavy atom. The molecule has 2 rings (SSSR count). The topological polar surface area (TPSA) is 62.0 Å². The molecule has 0 unspecified atom stereocenters. The highest BCUT2D eigenvalue weighted by Gasteiger charge is 2.17. The largest absolute Gasteiger partial charge is 0.358 e. The van der Waals surface area contributed by atoms with E-state index in [4.69, 9.17) is 0 Å². The summed E-state index contributed by atoms with van der Waals surface area (Å²) >= 11 is 3.34. The number of nitrogens with one attached hydrogen (secondary N) is 2. The van der Waals surface area contributed by atoms with E-state index in [0.29, 0.717) is 5.69 Å². The van der Waals surface area contributed by atoms with Crippen molar-refractivity contribution in [2.24, 2.45) is 0 Å². The smallest absolute Gasteiger partial charge is 0.298 e. The van der Waals surface area contributed by atoms with Gasteiger partial charge in [0.1, 0.15) is 0 Å². The van der Waals surface area contributed by atoms with Crippen LogP contribution in [0.2, 0.25) is 0 Å². The number of aryl methyl sites for hydroxylation is 1. The molecule has 2 aromatic rings. The van der Waals surface area contributed by atoms with Gasteiger partial charge in [-0.05, 0) is 52.7 Å². The highest BCUT2D eigenvalue weighted by atomic mass is 79.9. The second-order valence-electron chi connectivity index (χ2n) is 3.85. The van der Waals surface area contributed by atoms with Gasteiger partial charge in [0.15, 0.2) is 0 Å². The molecule has 1 amide bonds. The molecule has 1 aromatic heterocycles. The molecule has 0 bridgehead atoms. The van der Waals surface area contributed by atoms with Gasteiger partial charge in [-0.25, -0.2) is 0 Å². The summed E-state index contributed by atoms with van der Waals surface area (Å²) in [6.07, 6.45) is 1.60. The maximum atomic E-state index is 11.7. The summed E-state index contributed by atoms with van der Waals surface area (Å²) in [5.41, 5.74) is 1.91. The Bertz CT molecular complexity index is 591. The number of aromatic nitrogens is 1.